The first kappa shape index (κ1) is 16.8. The van der Waals surface area contributed by atoms with Crippen molar-refractivity contribution in [3.8, 4) is 5.75 Å². The van der Waals surface area contributed by atoms with Gasteiger partial charge in [0.2, 0.25) is 0 Å². The first-order chi connectivity index (χ1) is 12.2. The molecule has 5 heteroatoms. The molecule has 0 atom stereocenters. The lowest BCUT2D eigenvalue weighted by molar-refractivity contribution is 0.102. The first-order valence-electron chi connectivity index (χ1n) is 8.28. The van der Waals surface area contributed by atoms with E-state index in [4.69, 9.17) is 4.74 Å². The highest BCUT2D eigenvalue weighted by atomic mass is 16.5. The van der Waals surface area contributed by atoms with Crippen LogP contribution >= 0.6 is 0 Å². The van der Waals surface area contributed by atoms with Crippen LogP contribution in [0.25, 0.3) is 0 Å². The van der Waals surface area contributed by atoms with Gasteiger partial charge in [-0.2, -0.15) is 5.10 Å². The summed E-state index contributed by atoms with van der Waals surface area (Å²) in [4.78, 5) is 12.4. The van der Waals surface area contributed by atoms with E-state index >= 15 is 0 Å². The highest BCUT2D eigenvalue weighted by molar-refractivity contribution is 6.04. The maximum absolute atomic E-state index is 12.4. The number of carbonyl (C=O) groups excluding carboxylic acids is 1. The first-order valence-corrected chi connectivity index (χ1v) is 8.28. The van der Waals surface area contributed by atoms with Gasteiger partial charge in [0.15, 0.2) is 0 Å². The summed E-state index contributed by atoms with van der Waals surface area (Å²) in [6.07, 6.45) is 1.77. The third-order valence-electron chi connectivity index (χ3n) is 3.88. The van der Waals surface area contributed by atoms with Gasteiger partial charge in [-0.1, -0.05) is 30.3 Å². The van der Waals surface area contributed by atoms with Gasteiger partial charge >= 0.3 is 0 Å². The van der Waals surface area contributed by atoms with E-state index in [-0.39, 0.29) is 5.91 Å². The Morgan fingerprint density at radius 3 is 2.48 bits per heavy atom. The number of aromatic nitrogens is 2. The minimum atomic E-state index is -0.157. The average Bonchev–Trinajstić information content (AvgIpc) is 3.03. The second-order valence-corrected chi connectivity index (χ2v) is 5.74. The van der Waals surface area contributed by atoms with Gasteiger partial charge in [0.05, 0.1) is 11.3 Å². The molecular weight excluding hydrogens is 314 g/mol. The standard InChI is InChI=1S/C20H21N3O2/c1-3-23-13-19(15(2)22-23)20(24)21-17-9-11-18(12-10-17)25-14-16-7-5-4-6-8-16/h4-13H,3,14H2,1-2H3,(H,21,24). The molecule has 3 aromatic rings. The van der Waals surface area contributed by atoms with Crippen molar-refractivity contribution in [2.75, 3.05) is 5.32 Å². The van der Waals surface area contributed by atoms with E-state index in [0.29, 0.717) is 12.2 Å². The molecule has 0 spiro atoms. The zero-order valence-corrected chi connectivity index (χ0v) is 14.4. The van der Waals surface area contributed by atoms with Crippen molar-refractivity contribution in [3.05, 3.63) is 77.6 Å². The molecule has 0 saturated heterocycles. The van der Waals surface area contributed by atoms with Gasteiger partial charge in [-0.3, -0.25) is 9.48 Å². The van der Waals surface area contributed by atoms with Gasteiger partial charge in [-0.15, -0.1) is 0 Å². The Morgan fingerprint density at radius 2 is 1.84 bits per heavy atom. The highest BCUT2D eigenvalue weighted by Crippen LogP contribution is 2.18. The fraction of sp³-hybridized carbons (Fsp3) is 0.200. The number of hydrogen-bond acceptors (Lipinski definition) is 3. The average molecular weight is 335 g/mol. The molecule has 0 saturated carbocycles. The molecule has 0 aliphatic rings. The molecule has 0 fully saturated rings. The van der Waals surface area contributed by atoms with Crippen LogP contribution in [0, 0.1) is 6.92 Å². The van der Waals surface area contributed by atoms with Gasteiger partial charge in [0.25, 0.3) is 5.91 Å². The fourth-order valence-electron chi connectivity index (χ4n) is 2.48. The maximum Gasteiger partial charge on any atom is 0.259 e. The summed E-state index contributed by atoms with van der Waals surface area (Å²) in [5.74, 6) is 0.604. The number of hydrogen-bond donors (Lipinski definition) is 1. The van der Waals surface area contributed by atoms with E-state index in [2.05, 4.69) is 10.4 Å². The Hall–Kier alpha value is -3.08. The molecule has 0 radical (unpaired) electrons. The number of aryl methyl sites for hydroxylation is 2. The van der Waals surface area contributed by atoms with Crippen LogP contribution < -0.4 is 10.1 Å². The Labute approximate surface area is 147 Å². The van der Waals surface area contributed by atoms with E-state index in [0.717, 1.165) is 29.2 Å². The summed E-state index contributed by atoms with van der Waals surface area (Å²) in [7, 11) is 0. The SMILES string of the molecule is CCn1cc(C(=O)Nc2ccc(OCc3ccccc3)cc2)c(C)n1. The molecule has 0 bridgehead atoms. The largest absolute Gasteiger partial charge is 0.489 e. The summed E-state index contributed by atoms with van der Waals surface area (Å²) in [6, 6.07) is 17.4. The molecule has 1 aromatic heterocycles. The summed E-state index contributed by atoms with van der Waals surface area (Å²) >= 11 is 0. The number of rotatable bonds is 6. The minimum absolute atomic E-state index is 0.157. The summed E-state index contributed by atoms with van der Waals surface area (Å²) < 4.78 is 7.50. The van der Waals surface area contributed by atoms with Crippen molar-refractivity contribution in [1.29, 1.82) is 0 Å². The van der Waals surface area contributed by atoms with Crippen LogP contribution in [-0.4, -0.2) is 15.7 Å². The molecule has 1 N–H and O–H groups in total. The van der Waals surface area contributed by atoms with Crippen molar-refractivity contribution in [1.82, 2.24) is 9.78 Å². The van der Waals surface area contributed by atoms with Crippen molar-refractivity contribution in [3.63, 3.8) is 0 Å². The number of amides is 1. The number of nitrogens with zero attached hydrogens (tertiary/aromatic N) is 2. The topological polar surface area (TPSA) is 56.2 Å². The zero-order valence-electron chi connectivity index (χ0n) is 14.4. The van der Waals surface area contributed by atoms with E-state index < -0.39 is 0 Å². The lowest BCUT2D eigenvalue weighted by atomic mass is 10.2. The van der Waals surface area contributed by atoms with Crippen LogP contribution in [0.3, 0.4) is 0 Å². The lowest BCUT2D eigenvalue weighted by Gasteiger charge is -2.08. The summed E-state index contributed by atoms with van der Waals surface area (Å²) in [5.41, 5.74) is 3.15. The number of anilines is 1. The smallest absolute Gasteiger partial charge is 0.259 e. The van der Waals surface area contributed by atoms with Crippen molar-refractivity contribution in [2.24, 2.45) is 0 Å². The molecule has 25 heavy (non-hydrogen) atoms. The molecule has 2 aromatic carbocycles. The van der Waals surface area contributed by atoms with Crippen molar-refractivity contribution >= 4 is 11.6 Å². The van der Waals surface area contributed by atoms with Crippen LogP contribution in [0.5, 0.6) is 5.75 Å². The molecule has 0 aliphatic heterocycles. The molecule has 1 amide bonds. The lowest BCUT2D eigenvalue weighted by Crippen LogP contribution is -2.12. The van der Waals surface area contributed by atoms with Crippen LogP contribution in [0.1, 0.15) is 28.5 Å². The Balaban J connectivity index is 1.60. The van der Waals surface area contributed by atoms with Gasteiger partial charge in [-0.25, -0.2) is 0 Å². The van der Waals surface area contributed by atoms with E-state index in [1.54, 1.807) is 10.9 Å². The quantitative estimate of drug-likeness (QED) is 0.739. The zero-order chi connectivity index (χ0) is 17.6. The van der Waals surface area contributed by atoms with Crippen LogP contribution in [-0.2, 0) is 13.2 Å². The second kappa shape index (κ2) is 7.66. The monoisotopic (exact) mass is 335 g/mol. The van der Waals surface area contributed by atoms with E-state index in [1.165, 1.54) is 0 Å². The molecule has 0 aliphatic carbocycles. The molecule has 1 heterocycles. The minimum Gasteiger partial charge on any atom is -0.489 e. The molecule has 5 nitrogen and oxygen atoms in total. The molecule has 0 unspecified atom stereocenters. The van der Waals surface area contributed by atoms with Crippen molar-refractivity contribution < 1.29 is 9.53 Å². The Morgan fingerprint density at radius 1 is 1.12 bits per heavy atom. The van der Waals surface area contributed by atoms with Crippen LogP contribution in [0.2, 0.25) is 0 Å². The van der Waals surface area contributed by atoms with Crippen molar-refractivity contribution in [2.45, 2.75) is 27.0 Å². The fourth-order valence-corrected chi connectivity index (χ4v) is 2.48. The van der Waals surface area contributed by atoms with Crippen LogP contribution in [0.15, 0.2) is 60.8 Å². The molecule has 128 valence electrons. The third kappa shape index (κ3) is 4.26. The highest BCUT2D eigenvalue weighted by Gasteiger charge is 2.13. The van der Waals surface area contributed by atoms with Gasteiger partial charge < -0.3 is 10.1 Å². The Bertz CT molecular complexity index is 839. The predicted octanol–water partition coefficient (Wildman–Crippen LogP) is 4.04. The third-order valence-corrected chi connectivity index (χ3v) is 3.88. The normalized spacial score (nSPS) is 10.5. The Kier molecular flexibility index (Phi) is 5.14. The molecule has 3 rings (SSSR count). The number of benzene rings is 2. The van der Waals surface area contributed by atoms with Gasteiger partial charge in [-0.05, 0) is 43.7 Å². The van der Waals surface area contributed by atoms with Gasteiger partial charge in [0, 0.05) is 18.4 Å². The van der Waals surface area contributed by atoms with E-state index in [9.17, 15) is 4.79 Å². The predicted molar refractivity (Wildman–Crippen MR) is 97.8 cm³/mol. The maximum atomic E-state index is 12.4. The van der Waals surface area contributed by atoms with Crippen LogP contribution in [0.4, 0.5) is 5.69 Å². The number of nitrogens with one attached hydrogen (secondary N) is 1. The summed E-state index contributed by atoms with van der Waals surface area (Å²) in [6.45, 7) is 5.08. The summed E-state index contributed by atoms with van der Waals surface area (Å²) in [5, 5.41) is 7.18. The van der Waals surface area contributed by atoms with Gasteiger partial charge in [0.1, 0.15) is 12.4 Å². The second-order valence-electron chi connectivity index (χ2n) is 5.74. The number of ether oxygens (including phenoxy) is 1. The van der Waals surface area contributed by atoms with E-state index in [1.807, 2.05) is 68.4 Å². The molecular formula is C20H21N3O2. The number of carbonyl (C=O) groups is 1.